The number of aliphatic hydroxyl groups is 2. The summed E-state index contributed by atoms with van der Waals surface area (Å²) in [6, 6.07) is 3.32. The van der Waals surface area contributed by atoms with Gasteiger partial charge in [-0.3, -0.25) is 9.59 Å². The number of hydrogen-bond acceptors (Lipinski definition) is 5. The first kappa shape index (κ1) is 17.0. The predicted molar refractivity (Wildman–Crippen MR) is 88.8 cm³/mol. The Balaban J connectivity index is 2.17. The van der Waals surface area contributed by atoms with E-state index >= 15 is 0 Å². The second-order valence-electron chi connectivity index (χ2n) is 5.39. The molecule has 0 spiro atoms. The van der Waals surface area contributed by atoms with Crippen LogP contribution in [0.15, 0.2) is 16.9 Å². The van der Waals surface area contributed by atoms with Crippen molar-refractivity contribution < 1.29 is 19.7 Å². The third-order valence-corrected chi connectivity index (χ3v) is 5.51. The summed E-state index contributed by atoms with van der Waals surface area (Å²) in [5.74, 6) is 1.68. The Morgan fingerprint density at radius 3 is 2.36 bits per heavy atom. The van der Waals surface area contributed by atoms with Crippen LogP contribution in [-0.4, -0.2) is 52.6 Å². The molecular formula is C16H21O5S+. The van der Waals surface area contributed by atoms with Crippen LogP contribution in [0, 0.1) is 0 Å². The lowest BCUT2D eigenvalue weighted by atomic mass is 10.1. The quantitative estimate of drug-likeness (QED) is 0.522. The van der Waals surface area contributed by atoms with Crippen LogP contribution in [0.1, 0.15) is 24.2 Å². The third-order valence-electron chi connectivity index (χ3n) is 3.32. The Hall–Kier alpha value is -1.37. The van der Waals surface area contributed by atoms with Gasteiger partial charge in [-0.05, 0) is 26.0 Å². The van der Waals surface area contributed by atoms with Gasteiger partial charge >= 0.3 is 0 Å². The zero-order valence-electron chi connectivity index (χ0n) is 12.8. The van der Waals surface area contributed by atoms with Crippen molar-refractivity contribution in [2.45, 2.75) is 20.0 Å². The topological polar surface area (TPSA) is 83.8 Å². The summed E-state index contributed by atoms with van der Waals surface area (Å²) >= 11 is 0. The zero-order valence-corrected chi connectivity index (χ0v) is 13.6. The lowest BCUT2D eigenvalue weighted by molar-refractivity contribution is 0.102. The number of ketones is 1. The molecule has 120 valence electrons. The van der Waals surface area contributed by atoms with Gasteiger partial charge in [0.05, 0.1) is 24.7 Å². The smallest absolute Gasteiger partial charge is 0.212 e. The number of fused-ring (bicyclic) bond motifs is 1. The number of rotatable bonds is 9. The van der Waals surface area contributed by atoms with Gasteiger partial charge in [-0.25, -0.2) is 0 Å². The number of ether oxygens (including phenoxy) is 1. The van der Waals surface area contributed by atoms with Crippen LogP contribution in [0.3, 0.4) is 0 Å². The third kappa shape index (κ3) is 3.69. The van der Waals surface area contributed by atoms with E-state index < -0.39 is 0 Å². The molecule has 0 amide bonds. The monoisotopic (exact) mass is 325 g/mol. The summed E-state index contributed by atoms with van der Waals surface area (Å²) < 4.78 is 5.56. The molecule has 0 aliphatic carbocycles. The Bertz CT molecular complexity index is 663. The van der Waals surface area contributed by atoms with Gasteiger partial charge in [-0.2, -0.15) is 0 Å². The van der Waals surface area contributed by atoms with Crippen molar-refractivity contribution in [1.29, 1.82) is 0 Å². The molecule has 2 aromatic carbocycles. The van der Waals surface area contributed by atoms with Gasteiger partial charge in [0.15, 0.2) is 11.2 Å². The van der Waals surface area contributed by atoms with Crippen molar-refractivity contribution in [1.82, 2.24) is 0 Å². The zero-order chi connectivity index (χ0) is 16.3. The van der Waals surface area contributed by atoms with E-state index in [1.807, 2.05) is 13.8 Å². The lowest BCUT2D eigenvalue weighted by Crippen LogP contribution is -2.25. The molecule has 0 aliphatic heterocycles. The van der Waals surface area contributed by atoms with E-state index in [-0.39, 0.29) is 47.2 Å². The minimum atomic E-state index is -0.358. The molecule has 5 nitrogen and oxygen atoms in total. The Labute approximate surface area is 131 Å². The number of hydrogen-bond donors (Lipinski definition) is 2. The number of aliphatic hydroxyl groups excluding tert-OH is 2. The summed E-state index contributed by atoms with van der Waals surface area (Å²) in [6.07, 6.45) is -0.0287. The van der Waals surface area contributed by atoms with E-state index in [0.717, 1.165) is 0 Å². The summed E-state index contributed by atoms with van der Waals surface area (Å²) in [4.78, 5) is 24.3. The maximum absolute atomic E-state index is 12.4. The molecule has 2 aromatic rings. The van der Waals surface area contributed by atoms with Crippen LogP contribution in [0.4, 0.5) is 0 Å². The second-order valence-corrected chi connectivity index (χ2v) is 7.72. The van der Waals surface area contributed by atoms with Crippen molar-refractivity contribution in [2.75, 3.05) is 30.5 Å². The first-order valence-corrected chi connectivity index (χ1v) is 9.00. The van der Waals surface area contributed by atoms with Crippen molar-refractivity contribution in [3.05, 3.63) is 27.9 Å². The van der Waals surface area contributed by atoms with Crippen molar-refractivity contribution in [3.63, 3.8) is 0 Å². The molecule has 2 N–H and O–H groups in total. The first-order chi connectivity index (χ1) is 10.5. The van der Waals surface area contributed by atoms with E-state index in [4.69, 9.17) is 14.9 Å². The van der Waals surface area contributed by atoms with Gasteiger partial charge in [0.1, 0.15) is 17.3 Å². The highest BCUT2D eigenvalue weighted by atomic mass is 32.2. The van der Waals surface area contributed by atoms with Gasteiger partial charge in [-0.15, -0.1) is 0 Å². The number of carbonyl (C=O) groups is 1. The van der Waals surface area contributed by atoms with Crippen LogP contribution < -0.4 is 10.2 Å². The van der Waals surface area contributed by atoms with E-state index in [2.05, 4.69) is 0 Å². The predicted octanol–water partition coefficient (Wildman–Crippen LogP) is 0.648. The van der Waals surface area contributed by atoms with Gasteiger partial charge in [-0.1, -0.05) is 0 Å². The number of Topliss-reactive ketones (excluding diaryl/α,β-unsaturated/α-hetero) is 1. The molecule has 0 atom stereocenters. The van der Waals surface area contributed by atoms with Gasteiger partial charge < -0.3 is 14.9 Å². The maximum atomic E-state index is 12.4. The Kier molecular flexibility index (Phi) is 5.61. The normalized spacial score (nSPS) is 11.9. The molecule has 0 saturated carbocycles. The van der Waals surface area contributed by atoms with E-state index in [1.165, 1.54) is 0 Å². The molecule has 0 radical (unpaired) electrons. The van der Waals surface area contributed by atoms with Crippen LogP contribution >= 0.6 is 0 Å². The first-order valence-electron chi connectivity index (χ1n) is 7.27. The average Bonchev–Trinajstić information content (AvgIpc) is 3.11. The lowest BCUT2D eigenvalue weighted by Gasteiger charge is -2.09. The van der Waals surface area contributed by atoms with Gasteiger partial charge in [0.2, 0.25) is 5.78 Å². The molecule has 0 aliphatic rings. The Morgan fingerprint density at radius 2 is 1.82 bits per heavy atom. The van der Waals surface area contributed by atoms with Gasteiger partial charge in [0.25, 0.3) is 0 Å². The average molecular weight is 325 g/mol. The Morgan fingerprint density at radius 1 is 1.18 bits per heavy atom. The maximum Gasteiger partial charge on any atom is 0.212 e. The van der Waals surface area contributed by atoms with Crippen LogP contribution in [-0.2, 0) is 10.9 Å². The minimum Gasteiger partial charge on any atom is -0.490 e. The highest BCUT2D eigenvalue weighted by molar-refractivity contribution is 7.97. The van der Waals surface area contributed by atoms with Crippen LogP contribution in [0.25, 0.3) is 10.8 Å². The fourth-order valence-corrected chi connectivity index (χ4v) is 3.88. The van der Waals surface area contributed by atoms with Crippen molar-refractivity contribution in [3.8, 4) is 5.75 Å². The number of carbonyl (C=O) groups excluding carboxylic acids is 1. The van der Waals surface area contributed by atoms with Crippen molar-refractivity contribution in [2.24, 2.45) is 0 Å². The molecule has 6 heteroatoms. The summed E-state index contributed by atoms with van der Waals surface area (Å²) in [6.45, 7) is 3.75. The molecular weight excluding hydrogens is 304 g/mol. The molecule has 0 heterocycles. The summed E-state index contributed by atoms with van der Waals surface area (Å²) in [5.41, 5.74) is 0.317. The second kappa shape index (κ2) is 7.26. The largest absolute Gasteiger partial charge is 0.490 e. The van der Waals surface area contributed by atoms with Gasteiger partial charge in [0, 0.05) is 21.8 Å². The summed E-state index contributed by atoms with van der Waals surface area (Å²) in [5, 5.41) is 19.0. The highest BCUT2D eigenvalue weighted by Crippen LogP contribution is 2.31. The summed E-state index contributed by atoms with van der Waals surface area (Å²) in [7, 11) is -0.358. The minimum absolute atomic E-state index is 0.00536. The van der Waals surface area contributed by atoms with E-state index in [0.29, 0.717) is 33.6 Å². The molecule has 0 fully saturated rings. The molecule has 0 aromatic heterocycles. The molecule has 22 heavy (non-hydrogen) atoms. The van der Waals surface area contributed by atoms with Crippen molar-refractivity contribution >= 4 is 27.5 Å². The van der Waals surface area contributed by atoms with Crippen LogP contribution in [0.2, 0.25) is 0 Å². The van der Waals surface area contributed by atoms with E-state index in [1.54, 1.807) is 12.1 Å². The standard InChI is InChI=1S/C16H21O5S/c1-10(2)21-13-4-3-11(14-15(13)16(14)20)12(19)9-22(7-5-17)8-6-18/h3-4,10,17-18H,5-9H2,1-2H3/q+1. The van der Waals surface area contributed by atoms with Crippen LogP contribution in [0.5, 0.6) is 5.75 Å². The SMILES string of the molecule is CC(C)Oc1ccc(C(=O)C[S+](CCO)CCO)c2c(=O)c12. The fourth-order valence-electron chi connectivity index (χ4n) is 2.34. The molecule has 0 saturated heterocycles. The highest BCUT2D eigenvalue weighted by Gasteiger charge is 2.29. The molecule has 0 bridgehead atoms. The molecule has 0 unspecified atom stereocenters. The van der Waals surface area contributed by atoms with E-state index in [9.17, 15) is 9.59 Å². The molecule has 2 rings (SSSR count). The fraction of sp³-hybridized carbons (Fsp3) is 0.500. The number of benzene rings is 1.